The third-order valence-corrected chi connectivity index (χ3v) is 7.25. The van der Waals surface area contributed by atoms with E-state index >= 15 is 0 Å². The molecule has 152 valence electrons. The molecule has 0 radical (unpaired) electrons. The smallest absolute Gasteiger partial charge is 0.296 e. The van der Waals surface area contributed by atoms with Gasteiger partial charge in [-0.1, -0.05) is 36.0 Å². The number of rotatable bonds is 3. The molecule has 7 nitrogen and oxygen atoms in total. The Labute approximate surface area is 184 Å². The fourth-order valence-electron chi connectivity index (χ4n) is 3.28. The number of ketones is 2. The van der Waals surface area contributed by atoms with Gasteiger partial charge in [-0.05, 0) is 40.2 Å². The van der Waals surface area contributed by atoms with Gasteiger partial charge in [0.1, 0.15) is 4.90 Å². The summed E-state index contributed by atoms with van der Waals surface area (Å²) >= 11 is 4.46. The van der Waals surface area contributed by atoms with Gasteiger partial charge in [-0.25, -0.2) is 0 Å². The minimum absolute atomic E-state index is 0.123. The van der Waals surface area contributed by atoms with Gasteiger partial charge in [-0.3, -0.25) is 14.1 Å². The van der Waals surface area contributed by atoms with E-state index in [1.165, 1.54) is 18.2 Å². The normalized spacial score (nSPS) is 13.1. The Balaban J connectivity index is 1.87. The summed E-state index contributed by atoms with van der Waals surface area (Å²) in [6.07, 6.45) is 0. The van der Waals surface area contributed by atoms with E-state index in [-0.39, 0.29) is 39.6 Å². The van der Waals surface area contributed by atoms with Crippen LogP contribution < -0.4 is 11.5 Å². The van der Waals surface area contributed by atoms with Crippen LogP contribution in [0, 0.1) is 0 Å². The molecule has 0 bridgehead atoms. The number of nitrogen functional groups attached to an aromatic ring is 2. The maximum absolute atomic E-state index is 13.2. The zero-order valence-electron chi connectivity index (χ0n) is 15.0. The fraction of sp³-hybridized carbons (Fsp3) is 0. The molecule has 0 aliphatic heterocycles. The van der Waals surface area contributed by atoms with Crippen molar-refractivity contribution in [2.24, 2.45) is 0 Å². The van der Waals surface area contributed by atoms with Crippen molar-refractivity contribution in [3.05, 3.63) is 75.3 Å². The van der Waals surface area contributed by atoms with Gasteiger partial charge in [0.15, 0.2) is 11.6 Å². The van der Waals surface area contributed by atoms with Crippen LogP contribution in [0.2, 0.25) is 0 Å². The van der Waals surface area contributed by atoms with Gasteiger partial charge in [0.2, 0.25) is 0 Å². The number of anilines is 2. The Morgan fingerprint density at radius 1 is 0.900 bits per heavy atom. The number of nitrogens with two attached hydrogens (primary N) is 2. The molecule has 5 N–H and O–H groups in total. The summed E-state index contributed by atoms with van der Waals surface area (Å²) in [5.41, 5.74) is 12.8. The lowest BCUT2D eigenvalue weighted by atomic mass is 9.83. The first kappa shape index (κ1) is 20.6. The first-order chi connectivity index (χ1) is 14.1. The molecule has 0 aromatic heterocycles. The molecule has 1 aliphatic carbocycles. The van der Waals surface area contributed by atoms with Crippen molar-refractivity contribution in [2.45, 2.75) is 14.7 Å². The number of hydrogen-bond donors (Lipinski definition) is 3. The second kappa shape index (κ2) is 7.24. The van der Waals surface area contributed by atoms with Crippen molar-refractivity contribution in [1.82, 2.24) is 0 Å². The minimum atomic E-state index is -4.46. The molecule has 4 rings (SSSR count). The van der Waals surface area contributed by atoms with E-state index in [1.807, 2.05) is 0 Å². The fourth-order valence-corrected chi connectivity index (χ4v) is 5.51. The molecule has 3 aromatic rings. The van der Waals surface area contributed by atoms with Crippen molar-refractivity contribution >= 4 is 60.8 Å². The molecule has 0 fully saturated rings. The van der Waals surface area contributed by atoms with E-state index in [9.17, 15) is 22.6 Å². The predicted molar refractivity (Wildman–Crippen MR) is 117 cm³/mol. The van der Waals surface area contributed by atoms with Gasteiger partial charge >= 0.3 is 0 Å². The highest BCUT2D eigenvalue weighted by atomic mass is 79.9. The van der Waals surface area contributed by atoms with Gasteiger partial charge in [0.05, 0.1) is 16.9 Å². The van der Waals surface area contributed by atoms with Gasteiger partial charge < -0.3 is 11.5 Å². The maximum atomic E-state index is 13.2. The summed E-state index contributed by atoms with van der Waals surface area (Å²) in [7, 11) is -4.46. The Morgan fingerprint density at radius 3 is 2.07 bits per heavy atom. The summed E-state index contributed by atoms with van der Waals surface area (Å²) in [6.45, 7) is 0. The third-order valence-electron chi connectivity index (χ3n) is 4.64. The summed E-state index contributed by atoms with van der Waals surface area (Å²) in [6, 6.07) is 12.2. The van der Waals surface area contributed by atoms with E-state index in [0.717, 1.165) is 11.8 Å². The zero-order valence-corrected chi connectivity index (χ0v) is 18.3. The van der Waals surface area contributed by atoms with E-state index < -0.39 is 15.0 Å². The summed E-state index contributed by atoms with van der Waals surface area (Å²) in [4.78, 5) is 26.8. The molecule has 0 heterocycles. The molecular formula is C20H13BrN2O5S2. The van der Waals surface area contributed by atoms with Crippen LogP contribution in [0.15, 0.2) is 67.7 Å². The van der Waals surface area contributed by atoms with E-state index in [0.29, 0.717) is 19.8 Å². The number of fused-ring (bicyclic) bond motifs is 2. The van der Waals surface area contributed by atoms with E-state index in [2.05, 4.69) is 15.9 Å². The molecule has 1 aliphatic rings. The minimum Gasteiger partial charge on any atom is -0.398 e. The average Bonchev–Trinajstić information content (AvgIpc) is 2.68. The number of halogens is 1. The molecule has 10 heteroatoms. The zero-order chi connectivity index (χ0) is 21.8. The SMILES string of the molecule is Nc1cc(Sc2cc(Br)c(N)c3c2C(=O)c2ccccc2C3=O)ccc1S(=O)(=O)O. The molecule has 0 unspecified atom stereocenters. The van der Waals surface area contributed by atoms with Crippen LogP contribution in [-0.2, 0) is 10.1 Å². The van der Waals surface area contributed by atoms with Crippen molar-refractivity contribution in [3.8, 4) is 0 Å². The maximum Gasteiger partial charge on any atom is 0.296 e. The summed E-state index contributed by atoms with van der Waals surface area (Å²) < 4.78 is 32.4. The van der Waals surface area contributed by atoms with Crippen LogP contribution in [0.3, 0.4) is 0 Å². The van der Waals surface area contributed by atoms with Crippen molar-refractivity contribution in [1.29, 1.82) is 0 Å². The van der Waals surface area contributed by atoms with Gasteiger partial charge in [0, 0.05) is 31.0 Å². The second-order valence-corrected chi connectivity index (χ2v) is 9.86. The van der Waals surface area contributed by atoms with Gasteiger partial charge in [-0.2, -0.15) is 8.42 Å². The van der Waals surface area contributed by atoms with Crippen molar-refractivity contribution in [2.75, 3.05) is 11.5 Å². The largest absolute Gasteiger partial charge is 0.398 e. The number of carbonyl (C=O) groups excluding carboxylic acids is 2. The van der Waals surface area contributed by atoms with Crippen molar-refractivity contribution in [3.63, 3.8) is 0 Å². The average molecular weight is 505 g/mol. The molecule has 3 aromatic carbocycles. The lowest BCUT2D eigenvalue weighted by molar-refractivity contribution is 0.0977. The van der Waals surface area contributed by atoms with Crippen molar-refractivity contribution < 1.29 is 22.6 Å². The molecule has 0 saturated carbocycles. The second-order valence-electron chi connectivity index (χ2n) is 6.50. The summed E-state index contributed by atoms with van der Waals surface area (Å²) in [5, 5.41) is 0. The molecular weight excluding hydrogens is 492 g/mol. The molecule has 30 heavy (non-hydrogen) atoms. The van der Waals surface area contributed by atoms with Crippen LogP contribution in [-0.4, -0.2) is 24.5 Å². The molecule has 0 atom stereocenters. The van der Waals surface area contributed by atoms with Crippen LogP contribution in [0.5, 0.6) is 0 Å². The van der Waals surface area contributed by atoms with Gasteiger partial charge in [-0.15, -0.1) is 0 Å². The molecule has 0 spiro atoms. The first-order valence-electron chi connectivity index (χ1n) is 8.45. The van der Waals surface area contributed by atoms with Crippen LogP contribution >= 0.6 is 27.7 Å². The number of benzene rings is 3. The first-order valence-corrected chi connectivity index (χ1v) is 11.5. The standard InChI is InChI=1S/C20H13BrN2O5S2/c21-12-8-14(29-9-5-6-15(13(22)7-9)30(26,27)28)16-17(18(12)23)20(25)11-4-2-1-3-10(11)19(16)24/h1-8H,22-23H2,(H,26,27,28). The molecule has 0 saturated heterocycles. The monoisotopic (exact) mass is 504 g/mol. The highest BCUT2D eigenvalue weighted by Gasteiger charge is 2.34. The highest BCUT2D eigenvalue weighted by Crippen LogP contribution is 2.43. The van der Waals surface area contributed by atoms with E-state index in [1.54, 1.807) is 30.3 Å². The topological polar surface area (TPSA) is 141 Å². The highest BCUT2D eigenvalue weighted by molar-refractivity contribution is 9.10. The van der Waals surface area contributed by atoms with Crippen LogP contribution in [0.1, 0.15) is 31.8 Å². The molecule has 0 amide bonds. The summed E-state index contributed by atoms with van der Waals surface area (Å²) in [5.74, 6) is -0.675. The van der Waals surface area contributed by atoms with Gasteiger partial charge in [0.25, 0.3) is 10.1 Å². The Kier molecular flexibility index (Phi) is 4.97. The van der Waals surface area contributed by atoms with E-state index in [4.69, 9.17) is 11.5 Å². The van der Waals surface area contributed by atoms with Crippen LogP contribution in [0.4, 0.5) is 11.4 Å². The lowest BCUT2D eigenvalue weighted by Crippen LogP contribution is -2.23. The lowest BCUT2D eigenvalue weighted by Gasteiger charge is -2.22. The Bertz CT molecular complexity index is 1370. The van der Waals surface area contributed by atoms with Crippen LogP contribution in [0.25, 0.3) is 0 Å². The number of hydrogen-bond acceptors (Lipinski definition) is 7. The quantitative estimate of drug-likeness (QED) is 0.282. The predicted octanol–water partition coefficient (Wildman–Crippen LogP) is 3.79. The Hall–Kier alpha value is -2.66. The third kappa shape index (κ3) is 3.31. The Morgan fingerprint density at radius 2 is 1.50 bits per heavy atom. The number of carbonyl (C=O) groups is 2.